The first kappa shape index (κ1) is 77.2. The van der Waals surface area contributed by atoms with Crippen molar-refractivity contribution < 1.29 is 37.3 Å². The van der Waals surface area contributed by atoms with E-state index >= 15 is 0 Å². The van der Waals surface area contributed by atoms with Crippen molar-refractivity contribution in [1.29, 1.82) is 0 Å². The topological polar surface area (TPSA) is 111 Å². The number of hydrogen-bond acceptors (Lipinski definition) is 6. The average Bonchev–Trinajstić information content (AvgIpc) is 3.41. The first-order valence-corrected chi connectivity index (χ1v) is 35.8. The van der Waals surface area contributed by atoms with E-state index in [0.717, 1.165) is 64.2 Å². The van der Waals surface area contributed by atoms with E-state index in [1.165, 1.54) is 244 Å². The van der Waals surface area contributed by atoms with E-state index in [1.807, 2.05) is 33.3 Å². The second-order valence-corrected chi connectivity index (χ2v) is 26.2. The summed E-state index contributed by atoms with van der Waals surface area (Å²) in [6.07, 6.45) is 72.9. The maximum absolute atomic E-state index is 13.6. The monoisotopic (exact) mass is 1130 g/mol. The van der Waals surface area contributed by atoms with Crippen molar-refractivity contribution in [2.75, 3.05) is 40.9 Å². The van der Waals surface area contributed by atoms with Gasteiger partial charge in [-0.15, -0.1) is 0 Å². The Hall–Kier alpha value is -1.77. The number of carbonyl (C=O) groups is 2. The number of nitrogens with one attached hydrogen (secondary N) is 1. The molecule has 0 rings (SSSR count). The zero-order valence-electron chi connectivity index (χ0n) is 53.4. The van der Waals surface area contributed by atoms with E-state index in [9.17, 15) is 19.0 Å². The average molecular weight is 1130 g/mol. The molecule has 0 aliphatic rings. The molecule has 0 saturated heterocycles. The predicted molar refractivity (Wildman–Crippen MR) is 342 cm³/mol. The van der Waals surface area contributed by atoms with Gasteiger partial charge in [0, 0.05) is 12.8 Å². The summed E-state index contributed by atoms with van der Waals surface area (Å²) in [5.74, 6) is -0.487. The minimum absolute atomic E-state index is 0.0434. The lowest BCUT2D eigenvalue weighted by Crippen LogP contribution is -2.47. The third kappa shape index (κ3) is 60.6. The molecule has 0 fully saturated rings. The Bertz CT molecular complexity index is 1450. The van der Waals surface area contributed by atoms with E-state index in [4.69, 9.17) is 13.8 Å². The van der Waals surface area contributed by atoms with Gasteiger partial charge < -0.3 is 19.4 Å². The van der Waals surface area contributed by atoms with Crippen molar-refractivity contribution >= 4 is 19.7 Å². The number of likely N-dealkylation sites (N-methyl/N-ethyl adjacent to an activating group) is 1. The van der Waals surface area contributed by atoms with Crippen molar-refractivity contribution in [3.63, 3.8) is 0 Å². The number of unbranched alkanes of at least 4 members (excludes halogenated alkanes) is 43. The molecule has 9 nitrogen and oxygen atoms in total. The van der Waals surface area contributed by atoms with Crippen molar-refractivity contribution in [1.82, 2.24) is 5.32 Å². The van der Waals surface area contributed by atoms with Crippen LogP contribution in [0.5, 0.6) is 0 Å². The lowest BCUT2D eigenvalue weighted by atomic mass is 10.0. The highest BCUT2D eigenvalue weighted by atomic mass is 31.2. The molecule has 10 heteroatoms. The first-order chi connectivity index (χ1) is 38.4. The van der Waals surface area contributed by atoms with Gasteiger partial charge in [-0.05, 0) is 63.9 Å². The van der Waals surface area contributed by atoms with Crippen LogP contribution in [0.2, 0.25) is 0 Å². The largest absolute Gasteiger partial charge is 0.472 e. The third-order valence-electron chi connectivity index (χ3n) is 15.6. The van der Waals surface area contributed by atoms with E-state index < -0.39 is 20.0 Å². The molecule has 79 heavy (non-hydrogen) atoms. The molecule has 2 N–H and O–H groups in total. The lowest BCUT2D eigenvalue weighted by molar-refractivity contribution is -0.870. The van der Waals surface area contributed by atoms with Crippen molar-refractivity contribution in [3.8, 4) is 0 Å². The molecule has 0 aliphatic carbocycles. The summed E-state index contributed by atoms with van der Waals surface area (Å²) in [5, 5.41) is 3.07. The minimum Gasteiger partial charge on any atom is -0.456 e. The zero-order chi connectivity index (χ0) is 57.9. The number of phosphoric acid groups is 1. The summed E-state index contributed by atoms with van der Waals surface area (Å²) >= 11 is 0. The molecular weight excluding hydrogens is 1000 g/mol. The van der Waals surface area contributed by atoms with E-state index in [1.54, 1.807) is 0 Å². The summed E-state index contributed by atoms with van der Waals surface area (Å²) in [4.78, 5) is 37.8. The number of amides is 1. The summed E-state index contributed by atoms with van der Waals surface area (Å²) in [7, 11) is 1.51. The fraction of sp³-hybridized carbons (Fsp3) is 0.884. The van der Waals surface area contributed by atoms with Gasteiger partial charge in [-0.1, -0.05) is 302 Å². The number of allylic oxidation sites excluding steroid dienone is 5. The number of rotatable bonds is 63. The Morgan fingerprint density at radius 3 is 1.16 bits per heavy atom. The molecule has 466 valence electrons. The summed E-state index contributed by atoms with van der Waals surface area (Å²) in [5.41, 5.74) is 0. The molecule has 0 aliphatic heterocycles. The van der Waals surface area contributed by atoms with Gasteiger partial charge in [0.25, 0.3) is 0 Å². The number of carbonyl (C=O) groups excluding carboxylic acids is 2. The summed E-state index contributed by atoms with van der Waals surface area (Å²) < 4.78 is 30.8. The molecule has 0 radical (unpaired) electrons. The van der Waals surface area contributed by atoms with Gasteiger partial charge in [0.1, 0.15) is 19.3 Å². The number of hydrogen-bond donors (Lipinski definition) is 2. The quantitative estimate of drug-likeness (QED) is 0.0205. The Morgan fingerprint density at radius 2 is 0.772 bits per heavy atom. The highest BCUT2D eigenvalue weighted by Crippen LogP contribution is 2.43. The van der Waals surface area contributed by atoms with Gasteiger partial charge in [0.05, 0.1) is 33.8 Å². The molecule has 3 atom stereocenters. The number of nitrogens with zero attached hydrogens (tertiary/aromatic N) is 1. The number of phosphoric ester groups is 1. The molecular formula is C69H134N2O7P+. The fourth-order valence-corrected chi connectivity index (χ4v) is 11.0. The molecule has 0 aromatic carbocycles. The van der Waals surface area contributed by atoms with Gasteiger partial charge in [-0.3, -0.25) is 18.6 Å². The second kappa shape index (κ2) is 59.4. The van der Waals surface area contributed by atoms with Crippen LogP contribution in [-0.4, -0.2) is 74.3 Å². The SMILES string of the molecule is CCCCC/C=C\C/C=C\CCCCCCCCCCCCCCCCCC(=O)NC(COP(=O)(O)OCC[N+](C)(C)C)C(/C=C\CCCCCCCCCCC)OC(=O)CCCCCCCCCCCCCCCCCCC. The number of esters is 1. The van der Waals surface area contributed by atoms with Gasteiger partial charge in [-0.2, -0.15) is 0 Å². The van der Waals surface area contributed by atoms with Gasteiger partial charge in [-0.25, -0.2) is 4.57 Å². The zero-order valence-corrected chi connectivity index (χ0v) is 54.3. The Balaban J connectivity index is 5.01. The van der Waals surface area contributed by atoms with Crippen LogP contribution in [0.25, 0.3) is 0 Å². The Kier molecular flexibility index (Phi) is 58.1. The highest BCUT2D eigenvalue weighted by Gasteiger charge is 2.30. The summed E-state index contributed by atoms with van der Waals surface area (Å²) in [6.45, 7) is 7.04. The Labute approximate surface area is 491 Å². The van der Waals surface area contributed by atoms with Crippen LogP contribution in [0, 0.1) is 0 Å². The maximum Gasteiger partial charge on any atom is 0.472 e. The summed E-state index contributed by atoms with van der Waals surface area (Å²) in [6, 6.07) is -0.844. The van der Waals surface area contributed by atoms with Gasteiger partial charge in [0.2, 0.25) is 5.91 Å². The Morgan fingerprint density at radius 1 is 0.443 bits per heavy atom. The van der Waals surface area contributed by atoms with Crippen LogP contribution in [0.15, 0.2) is 36.5 Å². The van der Waals surface area contributed by atoms with Crippen LogP contribution in [0.4, 0.5) is 0 Å². The maximum atomic E-state index is 13.6. The van der Waals surface area contributed by atoms with Crippen LogP contribution >= 0.6 is 7.82 Å². The molecule has 1 amide bonds. The van der Waals surface area contributed by atoms with Crippen molar-refractivity contribution in [3.05, 3.63) is 36.5 Å². The molecule has 0 heterocycles. The molecule has 3 unspecified atom stereocenters. The molecule has 0 saturated carbocycles. The third-order valence-corrected chi connectivity index (χ3v) is 16.6. The van der Waals surface area contributed by atoms with Crippen LogP contribution in [-0.2, 0) is 27.9 Å². The number of quaternary nitrogens is 1. The van der Waals surface area contributed by atoms with E-state index in [-0.39, 0.29) is 25.1 Å². The van der Waals surface area contributed by atoms with Gasteiger partial charge >= 0.3 is 13.8 Å². The molecule has 0 aromatic heterocycles. The van der Waals surface area contributed by atoms with Gasteiger partial charge in [0.15, 0.2) is 0 Å². The van der Waals surface area contributed by atoms with E-state index in [0.29, 0.717) is 23.9 Å². The normalized spacial score (nSPS) is 13.8. The first-order valence-electron chi connectivity index (χ1n) is 34.3. The van der Waals surface area contributed by atoms with E-state index in [2.05, 4.69) is 50.4 Å². The van der Waals surface area contributed by atoms with Crippen molar-refractivity contribution in [2.24, 2.45) is 0 Å². The molecule has 0 spiro atoms. The van der Waals surface area contributed by atoms with Crippen LogP contribution in [0.3, 0.4) is 0 Å². The minimum atomic E-state index is -4.45. The molecule has 0 bridgehead atoms. The highest BCUT2D eigenvalue weighted by molar-refractivity contribution is 7.47. The van der Waals surface area contributed by atoms with Crippen LogP contribution in [0.1, 0.15) is 342 Å². The smallest absolute Gasteiger partial charge is 0.456 e. The number of ether oxygens (including phenoxy) is 1. The fourth-order valence-electron chi connectivity index (χ4n) is 10.3. The lowest BCUT2D eigenvalue weighted by Gasteiger charge is -2.27. The van der Waals surface area contributed by atoms with Crippen molar-refractivity contribution in [2.45, 2.75) is 354 Å². The van der Waals surface area contributed by atoms with Crippen LogP contribution < -0.4 is 5.32 Å². The molecule has 0 aromatic rings. The standard InChI is InChI=1S/C69H133N2O7P/c1-7-10-13-16-19-22-25-27-29-31-32-33-34-35-36-37-38-40-41-43-46-49-52-55-58-61-68(72)70-66(65-77-79(74,75)76-64-63-71(4,5)6)67(60-57-54-51-48-45-24-21-18-15-12-9-3)78-69(73)62-59-56-53-50-47-44-42-39-30-28-26-23-20-17-14-11-8-2/h19,22,27,29,57,60,66-67H,7-18,20-21,23-26,28,30-56,58-59,61-65H2,1-6H3,(H-,70,72,74,75)/p+1/b22-19-,29-27-,60-57-. The predicted octanol–water partition coefficient (Wildman–Crippen LogP) is 21.5. The second-order valence-electron chi connectivity index (χ2n) is 24.7.